The highest BCUT2D eigenvalue weighted by Gasteiger charge is 2.56. The summed E-state index contributed by atoms with van der Waals surface area (Å²) in [5.41, 5.74) is 0.00848. The zero-order chi connectivity index (χ0) is 14.6. The SMILES string of the molecule is C[C@]12CC[C@H]3[C@@H](CC[C@@H]4CCC(=O)CC[C@@H]43)[C@@H]1CCC2=O. The second-order valence-electron chi connectivity index (χ2n) is 8.47. The number of carbonyl (C=O) groups excluding carboxylic acids is 2. The van der Waals surface area contributed by atoms with Crippen LogP contribution in [0.3, 0.4) is 0 Å². The molecule has 0 heterocycles. The fraction of sp³-hybridized carbons (Fsp3) is 0.895. The average molecular weight is 288 g/mol. The molecule has 0 unspecified atom stereocenters. The fourth-order valence-corrected chi connectivity index (χ4v) is 6.61. The van der Waals surface area contributed by atoms with Gasteiger partial charge in [-0.05, 0) is 74.5 Å². The van der Waals surface area contributed by atoms with Crippen LogP contribution in [-0.4, -0.2) is 11.6 Å². The largest absolute Gasteiger partial charge is 0.300 e. The molecule has 116 valence electrons. The first-order valence-electron chi connectivity index (χ1n) is 9.14. The van der Waals surface area contributed by atoms with Crippen molar-refractivity contribution in [3.8, 4) is 0 Å². The molecule has 4 fully saturated rings. The molecule has 0 aromatic heterocycles. The maximum absolute atomic E-state index is 12.3. The number of hydrogen-bond acceptors (Lipinski definition) is 2. The van der Waals surface area contributed by atoms with Gasteiger partial charge in [0.1, 0.15) is 11.6 Å². The van der Waals surface area contributed by atoms with E-state index in [-0.39, 0.29) is 5.41 Å². The van der Waals surface area contributed by atoms with Gasteiger partial charge in [-0.15, -0.1) is 0 Å². The van der Waals surface area contributed by atoms with Gasteiger partial charge < -0.3 is 0 Å². The highest BCUT2D eigenvalue weighted by atomic mass is 16.1. The quantitative estimate of drug-likeness (QED) is 0.670. The number of Topliss-reactive ketones (excluding diaryl/α,β-unsaturated/α-hetero) is 2. The monoisotopic (exact) mass is 288 g/mol. The van der Waals surface area contributed by atoms with Gasteiger partial charge in [0.15, 0.2) is 0 Å². The lowest BCUT2D eigenvalue weighted by Gasteiger charge is -2.52. The molecule has 0 aliphatic heterocycles. The molecule has 6 atom stereocenters. The highest BCUT2D eigenvalue weighted by Crippen LogP contribution is 2.60. The van der Waals surface area contributed by atoms with Gasteiger partial charge in [-0.1, -0.05) is 6.92 Å². The van der Waals surface area contributed by atoms with E-state index < -0.39 is 0 Å². The van der Waals surface area contributed by atoms with E-state index in [2.05, 4.69) is 6.92 Å². The van der Waals surface area contributed by atoms with E-state index in [1.165, 1.54) is 19.3 Å². The Balaban J connectivity index is 1.59. The standard InChI is InChI=1S/C19H28O2/c1-19-11-10-15-14-7-5-13(20)4-2-12(14)3-6-16(15)17(19)8-9-18(19)21/h12,14-17H,2-11H2,1H3/t12-,14-,15+,16+,17-,19-/m0/s1. The Hall–Kier alpha value is -0.660. The van der Waals surface area contributed by atoms with Crippen molar-refractivity contribution in [3.63, 3.8) is 0 Å². The maximum Gasteiger partial charge on any atom is 0.139 e. The lowest BCUT2D eigenvalue weighted by Crippen LogP contribution is -2.47. The van der Waals surface area contributed by atoms with Gasteiger partial charge in [0, 0.05) is 24.7 Å². The van der Waals surface area contributed by atoms with Gasteiger partial charge in [0.25, 0.3) is 0 Å². The van der Waals surface area contributed by atoms with E-state index in [0.29, 0.717) is 17.5 Å². The van der Waals surface area contributed by atoms with Crippen LogP contribution in [-0.2, 0) is 9.59 Å². The van der Waals surface area contributed by atoms with Crippen molar-refractivity contribution in [2.24, 2.45) is 35.0 Å². The Bertz CT molecular complexity index is 468. The molecular weight excluding hydrogens is 260 g/mol. The van der Waals surface area contributed by atoms with Crippen molar-refractivity contribution < 1.29 is 9.59 Å². The van der Waals surface area contributed by atoms with E-state index >= 15 is 0 Å². The molecule has 4 saturated carbocycles. The normalized spacial score (nSPS) is 50.0. The van der Waals surface area contributed by atoms with Crippen molar-refractivity contribution in [2.45, 2.75) is 71.1 Å². The summed E-state index contributed by atoms with van der Waals surface area (Å²) in [6, 6.07) is 0. The minimum absolute atomic E-state index is 0.00848. The zero-order valence-electron chi connectivity index (χ0n) is 13.3. The summed E-state index contributed by atoms with van der Waals surface area (Å²) >= 11 is 0. The summed E-state index contributed by atoms with van der Waals surface area (Å²) in [7, 11) is 0. The van der Waals surface area contributed by atoms with Crippen molar-refractivity contribution in [3.05, 3.63) is 0 Å². The molecule has 4 aliphatic carbocycles. The maximum atomic E-state index is 12.3. The van der Waals surface area contributed by atoms with Crippen LogP contribution in [0.1, 0.15) is 71.1 Å². The van der Waals surface area contributed by atoms with Crippen LogP contribution in [0.2, 0.25) is 0 Å². The smallest absolute Gasteiger partial charge is 0.139 e. The number of fused-ring (bicyclic) bond motifs is 5. The molecule has 0 amide bonds. The minimum Gasteiger partial charge on any atom is -0.300 e. The molecular formula is C19H28O2. The fourth-order valence-electron chi connectivity index (χ4n) is 6.61. The van der Waals surface area contributed by atoms with E-state index in [1.54, 1.807) is 0 Å². The van der Waals surface area contributed by atoms with E-state index in [1.807, 2.05) is 0 Å². The molecule has 0 radical (unpaired) electrons. The third-order valence-electron chi connectivity index (χ3n) is 7.78. The molecule has 0 N–H and O–H groups in total. The van der Waals surface area contributed by atoms with Crippen LogP contribution < -0.4 is 0 Å². The van der Waals surface area contributed by atoms with Crippen LogP contribution in [0.15, 0.2) is 0 Å². The Morgan fingerprint density at radius 3 is 2.48 bits per heavy atom. The van der Waals surface area contributed by atoms with Crippen LogP contribution >= 0.6 is 0 Å². The Kier molecular flexibility index (Phi) is 3.28. The summed E-state index contributed by atoms with van der Waals surface area (Å²) in [4.78, 5) is 24.2. The number of ketones is 2. The minimum atomic E-state index is 0.00848. The van der Waals surface area contributed by atoms with Gasteiger partial charge in [-0.2, -0.15) is 0 Å². The summed E-state index contributed by atoms with van der Waals surface area (Å²) in [5, 5.41) is 0. The summed E-state index contributed by atoms with van der Waals surface area (Å²) in [6.45, 7) is 2.26. The number of carbonyl (C=O) groups is 2. The molecule has 4 aliphatic rings. The van der Waals surface area contributed by atoms with E-state index in [0.717, 1.165) is 68.6 Å². The van der Waals surface area contributed by atoms with Crippen LogP contribution in [0, 0.1) is 35.0 Å². The van der Waals surface area contributed by atoms with Crippen LogP contribution in [0.4, 0.5) is 0 Å². The van der Waals surface area contributed by atoms with Crippen molar-refractivity contribution >= 4 is 11.6 Å². The van der Waals surface area contributed by atoms with Crippen molar-refractivity contribution in [1.29, 1.82) is 0 Å². The second kappa shape index (κ2) is 4.93. The highest BCUT2D eigenvalue weighted by molar-refractivity contribution is 5.87. The first-order valence-corrected chi connectivity index (χ1v) is 9.14. The second-order valence-corrected chi connectivity index (χ2v) is 8.47. The van der Waals surface area contributed by atoms with Gasteiger partial charge in [-0.3, -0.25) is 9.59 Å². The Morgan fingerprint density at radius 2 is 1.62 bits per heavy atom. The number of hydrogen-bond donors (Lipinski definition) is 0. The lowest BCUT2D eigenvalue weighted by atomic mass is 9.52. The molecule has 4 rings (SSSR count). The Morgan fingerprint density at radius 1 is 0.810 bits per heavy atom. The molecule has 0 aromatic rings. The summed E-state index contributed by atoms with van der Waals surface area (Å²) < 4.78 is 0. The van der Waals surface area contributed by atoms with Gasteiger partial charge in [0.2, 0.25) is 0 Å². The molecule has 21 heavy (non-hydrogen) atoms. The lowest BCUT2D eigenvalue weighted by molar-refractivity contribution is -0.132. The molecule has 2 heteroatoms. The van der Waals surface area contributed by atoms with Crippen LogP contribution in [0.25, 0.3) is 0 Å². The zero-order valence-corrected chi connectivity index (χ0v) is 13.3. The third kappa shape index (κ3) is 2.04. The summed E-state index contributed by atoms with van der Waals surface area (Å²) in [5.74, 6) is 4.89. The predicted molar refractivity (Wildman–Crippen MR) is 81.7 cm³/mol. The van der Waals surface area contributed by atoms with E-state index in [4.69, 9.17) is 0 Å². The Labute approximate surface area is 128 Å². The topological polar surface area (TPSA) is 34.1 Å². The van der Waals surface area contributed by atoms with Crippen LogP contribution in [0.5, 0.6) is 0 Å². The number of rotatable bonds is 0. The first kappa shape index (κ1) is 14.0. The molecule has 0 spiro atoms. The van der Waals surface area contributed by atoms with Gasteiger partial charge >= 0.3 is 0 Å². The first-order chi connectivity index (χ1) is 10.1. The third-order valence-corrected chi connectivity index (χ3v) is 7.78. The van der Waals surface area contributed by atoms with Gasteiger partial charge in [-0.25, -0.2) is 0 Å². The molecule has 0 saturated heterocycles. The summed E-state index contributed by atoms with van der Waals surface area (Å²) in [6.07, 6.45) is 10.9. The van der Waals surface area contributed by atoms with E-state index in [9.17, 15) is 9.59 Å². The van der Waals surface area contributed by atoms with Gasteiger partial charge in [0.05, 0.1) is 0 Å². The predicted octanol–water partition coefficient (Wildman–Crippen LogP) is 4.17. The molecule has 0 aromatic carbocycles. The average Bonchev–Trinajstić information content (AvgIpc) is 2.66. The molecule has 0 bridgehead atoms. The van der Waals surface area contributed by atoms with Crippen molar-refractivity contribution in [1.82, 2.24) is 0 Å². The van der Waals surface area contributed by atoms with Crippen molar-refractivity contribution in [2.75, 3.05) is 0 Å². The molecule has 2 nitrogen and oxygen atoms in total.